The van der Waals surface area contributed by atoms with Gasteiger partial charge in [0.15, 0.2) is 0 Å². The van der Waals surface area contributed by atoms with Gasteiger partial charge in [-0.25, -0.2) is 9.37 Å². The number of nitrogens with two attached hydrogens (primary N) is 1. The summed E-state index contributed by atoms with van der Waals surface area (Å²) in [6.07, 6.45) is 6.11. The molecule has 2 aliphatic rings. The molecule has 1 aromatic heterocycles. The van der Waals surface area contributed by atoms with E-state index in [1.54, 1.807) is 6.07 Å². The molecule has 178 valence electrons. The van der Waals surface area contributed by atoms with E-state index in [1.807, 2.05) is 20.2 Å². The first-order valence-corrected chi connectivity index (χ1v) is 12.2. The molecule has 2 aromatic rings. The van der Waals surface area contributed by atoms with Gasteiger partial charge in [-0.2, -0.15) is 0 Å². The zero-order valence-corrected chi connectivity index (χ0v) is 20.5. The predicted molar refractivity (Wildman–Crippen MR) is 134 cm³/mol. The minimum absolute atomic E-state index is 0.0559. The fourth-order valence-corrected chi connectivity index (χ4v) is 5.44. The van der Waals surface area contributed by atoms with Crippen molar-refractivity contribution in [3.05, 3.63) is 63.5 Å². The fraction of sp³-hybridized carbons (Fsp3) is 0.458. The van der Waals surface area contributed by atoms with E-state index in [9.17, 15) is 4.39 Å². The van der Waals surface area contributed by atoms with Crippen LogP contribution in [0, 0.1) is 5.82 Å². The van der Waals surface area contributed by atoms with Crippen LogP contribution in [0.4, 0.5) is 10.2 Å². The van der Waals surface area contributed by atoms with Crippen molar-refractivity contribution >= 4 is 34.7 Å². The molecular formula is C24H31Cl2FN6. The van der Waals surface area contributed by atoms with Gasteiger partial charge in [0, 0.05) is 67.3 Å². The Hall–Kier alpha value is -1.90. The molecule has 2 aliphatic heterocycles. The summed E-state index contributed by atoms with van der Waals surface area (Å²) < 4.78 is 14.2. The van der Waals surface area contributed by atoms with E-state index in [1.165, 1.54) is 18.9 Å². The maximum absolute atomic E-state index is 14.2. The van der Waals surface area contributed by atoms with Crippen molar-refractivity contribution in [2.75, 3.05) is 38.1 Å². The van der Waals surface area contributed by atoms with Crippen LogP contribution in [0.15, 0.2) is 36.5 Å². The number of rotatable bonds is 6. The molecule has 4 N–H and O–H groups in total. The SMILES string of the molecule is CN/C(=C\C1C(N)NCCN1[C@H](C)c1c(Cl)ccc(F)c1Cl)c1ccc(N2CCCC2)nc1. The second-order valence-electron chi connectivity index (χ2n) is 8.57. The Kier molecular flexibility index (Phi) is 7.76. The molecule has 0 saturated carbocycles. The molecule has 0 spiro atoms. The Morgan fingerprint density at radius 2 is 2.00 bits per heavy atom. The number of nitrogens with one attached hydrogen (secondary N) is 2. The Morgan fingerprint density at radius 1 is 1.24 bits per heavy atom. The lowest BCUT2D eigenvalue weighted by Crippen LogP contribution is -2.61. The summed E-state index contributed by atoms with van der Waals surface area (Å²) >= 11 is 12.8. The molecule has 6 nitrogen and oxygen atoms in total. The molecule has 4 rings (SSSR count). The second-order valence-corrected chi connectivity index (χ2v) is 9.36. The van der Waals surface area contributed by atoms with Gasteiger partial charge in [0.05, 0.1) is 17.2 Å². The van der Waals surface area contributed by atoms with Crippen molar-refractivity contribution in [3.63, 3.8) is 0 Å². The lowest BCUT2D eigenvalue weighted by atomic mass is 9.99. The van der Waals surface area contributed by atoms with Gasteiger partial charge in [0.1, 0.15) is 11.6 Å². The number of hydrogen-bond acceptors (Lipinski definition) is 6. The first-order valence-electron chi connectivity index (χ1n) is 11.4. The van der Waals surface area contributed by atoms with Crippen LogP contribution in [0.1, 0.15) is 36.9 Å². The number of pyridine rings is 1. The van der Waals surface area contributed by atoms with Crippen molar-refractivity contribution in [1.29, 1.82) is 0 Å². The molecule has 2 saturated heterocycles. The lowest BCUT2D eigenvalue weighted by molar-refractivity contribution is 0.110. The largest absolute Gasteiger partial charge is 0.388 e. The van der Waals surface area contributed by atoms with Crippen LogP contribution in [-0.2, 0) is 0 Å². The monoisotopic (exact) mass is 492 g/mol. The molecule has 0 bridgehead atoms. The third-order valence-electron chi connectivity index (χ3n) is 6.59. The predicted octanol–water partition coefficient (Wildman–Crippen LogP) is 4.01. The Balaban J connectivity index is 1.63. The highest BCUT2D eigenvalue weighted by Crippen LogP contribution is 2.37. The van der Waals surface area contributed by atoms with Gasteiger partial charge in [0.2, 0.25) is 0 Å². The molecule has 9 heteroatoms. The number of aromatic nitrogens is 1. The van der Waals surface area contributed by atoms with Crippen LogP contribution >= 0.6 is 23.2 Å². The normalized spacial score (nSPS) is 23.1. The van der Waals surface area contributed by atoms with Gasteiger partial charge in [-0.05, 0) is 50.1 Å². The average molecular weight is 493 g/mol. The van der Waals surface area contributed by atoms with Crippen LogP contribution in [-0.4, -0.2) is 55.3 Å². The zero-order chi connectivity index (χ0) is 23.5. The molecule has 3 atom stereocenters. The summed E-state index contributed by atoms with van der Waals surface area (Å²) in [7, 11) is 1.88. The Morgan fingerprint density at radius 3 is 2.67 bits per heavy atom. The molecule has 2 fully saturated rings. The van der Waals surface area contributed by atoms with E-state index in [2.05, 4.69) is 43.6 Å². The van der Waals surface area contributed by atoms with Gasteiger partial charge >= 0.3 is 0 Å². The zero-order valence-electron chi connectivity index (χ0n) is 19.0. The number of hydrogen-bond donors (Lipinski definition) is 3. The van der Waals surface area contributed by atoms with Crippen molar-refractivity contribution in [3.8, 4) is 0 Å². The number of nitrogens with zero attached hydrogens (tertiary/aromatic N) is 3. The summed E-state index contributed by atoms with van der Waals surface area (Å²) in [6, 6.07) is 6.58. The van der Waals surface area contributed by atoms with Crippen LogP contribution in [0.2, 0.25) is 10.0 Å². The van der Waals surface area contributed by atoms with E-state index in [0.29, 0.717) is 23.7 Å². The Labute approximate surface area is 204 Å². The maximum atomic E-state index is 14.2. The summed E-state index contributed by atoms with van der Waals surface area (Å²) in [4.78, 5) is 9.20. The number of piperazine rings is 1. The van der Waals surface area contributed by atoms with E-state index in [0.717, 1.165) is 30.2 Å². The minimum Gasteiger partial charge on any atom is -0.388 e. The van der Waals surface area contributed by atoms with Crippen LogP contribution in [0.3, 0.4) is 0 Å². The van der Waals surface area contributed by atoms with Crippen molar-refractivity contribution in [1.82, 2.24) is 20.5 Å². The topological polar surface area (TPSA) is 69.5 Å². The van der Waals surface area contributed by atoms with Crippen molar-refractivity contribution in [2.24, 2.45) is 5.73 Å². The van der Waals surface area contributed by atoms with Crippen LogP contribution < -0.4 is 21.3 Å². The lowest BCUT2D eigenvalue weighted by Gasteiger charge is -2.43. The van der Waals surface area contributed by atoms with E-state index < -0.39 is 5.82 Å². The second kappa shape index (κ2) is 10.6. The first-order chi connectivity index (χ1) is 15.9. The molecule has 0 radical (unpaired) electrons. The van der Waals surface area contributed by atoms with E-state index in [4.69, 9.17) is 28.9 Å². The van der Waals surface area contributed by atoms with Gasteiger partial charge in [-0.3, -0.25) is 10.2 Å². The van der Waals surface area contributed by atoms with Crippen molar-refractivity contribution in [2.45, 2.75) is 38.0 Å². The highest BCUT2D eigenvalue weighted by atomic mass is 35.5. The van der Waals surface area contributed by atoms with E-state index >= 15 is 0 Å². The molecule has 1 aromatic carbocycles. The number of benzene rings is 1. The summed E-state index contributed by atoms with van der Waals surface area (Å²) in [6.45, 7) is 5.52. The molecule has 0 amide bonds. The number of anilines is 1. The van der Waals surface area contributed by atoms with Crippen LogP contribution in [0.5, 0.6) is 0 Å². The van der Waals surface area contributed by atoms with Gasteiger partial charge in [0.25, 0.3) is 0 Å². The third kappa shape index (κ3) is 5.12. The molecule has 3 heterocycles. The first kappa shape index (κ1) is 24.2. The summed E-state index contributed by atoms with van der Waals surface area (Å²) in [5.74, 6) is 0.530. The Bertz CT molecular complexity index is 993. The molecule has 33 heavy (non-hydrogen) atoms. The molecule has 0 aliphatic carbocycles. The minimum atomic E-state index is -0.477. The van der Waals surface area contributed by atoms with Crippen molar-refractivity contribution < 1.29 is 4.39 Å². The number of halogens is 3. The quantitative estimate of drug-likeness (QED) is 0.529. The fourth-order valence-electron chi connectivity index (χ4n) is 4.75. The summed E-state index contributed by atoms with van der Waals surface area (Å²) in [5.41, 5.74) is 8.97. The summed E-state index contributed by atoms with van der Waals surface area (Å²) in [5, 5.41) is 7.13. The van der Waals surface area contributed by atoms with E-state index in [-0.39, 0.29) is 23.3 Å². The highest BCUT2D eigenvalue weighted by molar-refractivity contribution is 6.36. The molecule has 2 unspecified atom stereocenters. The molecular weight excluding hydrogens is 462 g/mol. The highest BCUT2D eigenvalue weighted by Gasteiger charge is 2.33. The van der Waals surface area contributed by atoms with Gasteiger partial charge < -0.3 is 16.0 Å². The van der Waals surface area contributed by atoms with Gasteiger partial charge in [-0.15, -0.1) is 0 Å². The van der Waals surface area contributed by atoms with Crippen LogP contribution in [0.25, 0.3) is 5.70 Å². The average Bonchev–Trinajstić information content (AvgIpc) is 3.36. The smallest absolute Gasteiger partial charge is 0.142 e. The third-order valence-corrected chi connectivity index (χ3v) is 7.31. The maximum Gasteiger partial charge on any atom is 0.142 e. The standard InChI is InChI=1S/C24H31Cl2FN6/c1-15(22-17(25)6-7-18(27)23(22)26)33-12-9-30-24(28)20(33)13-19(29-2)16-5-8-21(31-14-16)32-10-3-4-11-32/h5-8,13-15,20,24,29-30H,3-4,9-12,28H2,1-2H3/b19-13-/t15-,20?,24?/m1/s1. The van der Waals surface area contributed by atoms with Gasteiger partial charge in [-0.1, -0.05) is 23.2 Å².